The van der Waals surface area contributed by atoms with E-state index in [2.05, 4.69) is 0 Å². The summed E-state index contributed by atoms with van der Waals surface area (Å²) in [7, 11) is -1.38. The average Bonchev–Trinajstić information content (AvgIpc) is 3.15. The van der Waals surface area contributed by atoms with Crippen LogP contribution < -0.4 is 0 Å². The monoisotopic (exact) mass is 438 g/mol. The van der Waals surface area contributed by atoms with Crippen LogP contribution >= 0.6 is 24.0 Å². The zero-order valence-corrected chi connectivity index (χ0v) is 18.0. The summed E-state index contributed by atoms with van der Waals surface area (Å²) in [6.45, 7) is 0.374. The Labute approximate surface area is 174 Å². The Morgan fingerprint density at radius 3 is 2.71 bits per heavy atom. The maximum Gasteiger partial charge on any atom is 0.266 e. The van der Waals surface area contributed by atoms with Gasteiger partial charge >= 0.3 is 0 Å². The van der Waals surface area contributed by atoms with Gasteiger partial charge in [-0.3, -0.25) is 14.5 Å². The SMILES string of the molecule is CN(C(=O)CCCN1C(=O)/C(=C/c2ccccc2)SC1=S)[C@H]1CCS(=O)(=O)C1. The number of carbonyl (C=O) groups excluding carboxylic acids is 2. The molecule has 9 heteroatoms. The fourth-order valence-electron chi connectivity index (χ4n) is 3.24. The van der Waals surface area contributed by atoms with Crippen LogP contribution in [0.3, 0.4) is 0 Å². The molecule has 0 bridgehead atoms. The van der Waals surface area contributed by atoms with Crippen molar-refractivity contribution in [2.24, 2.45) is 0 Å². The number of hydrogen-bond donors (Lipinski definition) is 0. The van der Waals surface area contributed by atoms with E-state index in [9.17, 15) is 18.0 Å². The first-order chi connectivity index (χ1) is 13.3. The molecule has 0 radical (unpaired) electrons. The number of nitrogens with zero attached hydrogens (tertiary/aromatic N) is 2. The lowest BCUT2D eigenvalue weighted by molar-refractivity contribution is -0.132. The summed E-state index contributed by atoms with van der Waals surface area (Å²) >= 11 is 6.59. The molecule has 0 aliphatic carbocycles. The van der Waals surface area contributed by atoms with Crippen molar-refractivity contribution in [2.75, 3.05) is 25.1 Å². The highest BCUT2D eigenvalue weighted by molar-refractivity contribution is 8.26. The Bertz CT molecular complexity index is 912. The number of carbonyl (C=O) groups is 2. The predicted molar refractivity (Wildman–Crippen MR) is 115 cm³/mol. The topological polar surface area (TPSA) is 74.8 Å². The van der Waals surface area contributed by atoms with Crippen LogP contribution in [0.5, 0.6) is 0 Å². The second kappa shape index (κ2) is 8.75. The lowest BCUT2D eigenvalue weighted by Gasteiger charge is -2.24. The number of hydrogen-bond acceptors (Lipinski definition) is 6. The smallest absolute Gasteiger partial charge is 0.266 e. The lowest BCUT2D eigenvalue weighted by Crippen LogP contribution is -2.38. The van der Waals surface area contributed by atoms with E-state index in [0.717, 1.165) is 5.56 Å². The first-order valence-corrected chi connectivity index (χ1v) is 12.1. The first kappa shape index (κ1) is 21.0. The number of benzene rings is 1. The van der Waals surface area contributed by atoms with Gasteiger partial charge in [0.1, 0.15) is 4.32 Å². The number of amides is 2. The van der Waals surface area contributed by atoms with Crippen molar-refractivity contribution in [3.05, 3.63) is 40.8 Å². The van der Waals surface area contributed by atoms with Gasteiger partial charge in [0.2, 0.25) is 5.91 Å². The largest absolute Gasteiger partial charge is 0.342 e. The van der Waals surface area contributed by atoms with Gasteiger partial charge in [-0.15, -0.1) is 0 Å². The summed E-state index contributed by atoms with van der Waals surface area (Å²) in [5.41, 5.74) is 0.936. The Morgan fingerprint density at radius 1 is 1.36 bits per heavy atom. The Morgan fingerprint density at radius 2 is 2.07 bits per heavy atom. The van der Waals surface area contributed by atoms with E-state index in [1.54, 1.807) is 7.05 Å². The Kier molecular flexibility index (Phi) is 6.57. The molecule has 1 aromatic carbocycles. The summed E-state index contributed by atoms with van der Waals surface area (Å²) in [5.74, 6) is -0.0673. The van der Waals surface area contributed by atoms with Crippen LogP contribution in [0.15, 0.2) is 35.2 Å². The number of thioether (sulfide) groups is 1. The van der Waals surface area contributed by atoms with E-state index in [4.69, 9.17) is 12.2 Å². The van der Waals surface area contributed by atoms with Gasteiger partial charge in [-0.05, 0) is 24.5 Å². The van der Waals surface area contributed by atoms with Crippen LogP contribution in [0, 0.1) is 0 Å². The normalized spacial score (nSPS) is 22.8. The summed E-state index contributed by atoms with van der Waals surface area (Å²) in [4.78, 5) is 28.6. The van der Waals surface area contributed by atoms with Crippen LogP contribution in [0.2, 0.25) is 0 Å². The molecule has 2 aliphatic rings. The van der Waals surface area contributed by atoms with Gasteiger partial charge in [0.25, 0.3) is 5.91 Å². The second-order valence-electron chi connectivity index (χ2n) is 6.91. The number of thiocarbonyl (C=S) groups is 1. The van der Waals surface area contributed by atoms with Crippen molar-refractivity contribution in [3.8, 4) is 0 Å². The van der Waals surface area contributed by atoms with E-state index in [0.29, 0.717) is 28.6 Å². The molecular formula is C19H22N2O4S3. The van der Waals surface area contributed by atoms with Crippen LogP contribution in [0.4, 0.5) is 0 Å². The van der Waals surface area contributed by atoms with Crippen molar-refractivity contribution in [1.29, 1.82) is 0 Å². The van der Waals surface area contributed by atoms with E-state index in [1.807, 2.05) is 36.4 Å². The Hall–Kier alpha value is -1.71. The molecule has 6 nitrogen and oxygen atoms in total. The molecule has 1 aromatic rings. The first-order valence-electron chi connectivity index (χ1n) is 9.03. The molecule has 2 amide bonds. The molecular weight excluding hydrogens is 416 g/mol. The minimum absolute atomic E-state index is 0.0359. The molecule has 2 saturated heterocycles. The third-order valence-electron chi connectivity index (χ3n) is 4.89. The molecule has 2 heterocycles. The minimum Gasteiger partial charge on any atom is -0.342 e. The quantitative estimate of drug-likeness (QED) is 0.501. The molecule has 0 aromatic heterocycles. The fourth-order valence-corrected chi connectivity index (χ4v) is 6.33. The van der Waals surface area contributed by atoms with Gasteiger partial charge in [-0.25, -0.2) is 8.42 Å². The zero-order valence-electron chi connectivity index (χ0n) is 15.5. The highest BCUT2D eigenvalue weighted by atomic mass is 32.2. The van der Waals surface area contributed by atoms with Gasteiger partial charge in [-0.2, -0.15) is 0 Å². The molecule has 150 valence electrons. The van der Waals surface area contributed by atoms with Crippen molar-refractivity contribution in [1.82, 2.24) is 9.80 Å². The minimum atomic E-state index is -3.03. The van der Waals surface area contributed by atoms with E-state index in [1.165, 1.54) is 21.6 Å². The van der Waals surface area contributed by atoms with Crippen molar-refractivity contribution in [2.45, 2.75) is 25.3 Å². The standard InChI is InChI=1S/C19H22N2O4S3/c1-20(15-9-11-28(24,25)13-15)17(22)8-5-10-21-18(23)16(27-19(21)26)12-14-6-3-2-4-7-14/h2-4,6-7,12,15H,5,8-11,13H2,1H3/b16-12-/t15-/m0/s1. The predicted octanol–water partition coefficient (Wildman–Crippen LogP) is 2.31. The molecule has 0 unspecified atom stereocenters. The molecule has 1 atom stereocenters. The van der Waals surface area contributed by atoms with E-state index < -0.39 is 9.84 Å². The third-order valence-corrected chi connectivity index (χ3v) is 8.02. The third kappa shape index (κ3) is 5.01. The number of sulfone groups is 1. The van der Waals surface area contributed by atoms with Crippen molar-refractivity contribution in [3.63, 3.8) is 0 Å². The maximum atomic E-state index is 12.6. The molecule has 28 heavy (non-hydrogen) atoms. The van der Waals surface area contributed by atoms with Gasteiger partial charge in [0.05, 0.1) is 16.4 Å². The number of rotatable bonds is 6. The zero-order chi connectivity index (χ0) is 20.3. The molecule has 3 rings (SSSR count). The van der Waals surface area contributed by atoms with E-state index >= 15 is 0 Å². The second-order valence-corrected chi connectivity index (χ2v) is 10.8. The Balaban J connectivity index is 1.52. The highest BCUT2D eigenvalue weighted by Gasteiger charge is 2.34. The fraction of sp³-hybridized carbons (Fsp3) is 0.421. The summed E-state index contributed by atoms with van der Waals surface area (Å²) in [5, 5.41) is 0. The lowest BCUT2D eigenvalue weighted by atomic mass is 10.2. The molecule has 0 saturated carbocycles. The van der Waals surface area contributed by atoms with Crippen molar-refractivity contribution < 1.29 is 18.0 Å². The van der Waals surface area contributed by atoms with Gasteiger partial charge < -0.3 is 4.90 Å². The summed E-state index contributed by atoms with van der Waals surface area (Å²) < 4.78 is 23.7. The summed E-state index contributed by atoms with van der Waals surface area (Å²) in [6, 6.07) is 9.32. The molecule has 2 fully saturated rings. The highest BCUT2D eigenvalue weighted by Crippen LogP contribution is 2.32. The van der Waals surface area contributed by atoms with Crippen LogP contribution in [-0.2, 0) is 19.4 Å². The van der Waals surface area contributed by atoms with Crippen LogP contribution in [0.25, 0.3) is 6.08 Å². The van der Waals surface area contributed by atoms with Crippen molar-refractivity contribution >= 4 is 56.0 Å². The van der Waals surface area contributed by atoms with E-state index in [-0.39, 0.29) is 35.8 Å². The summed E-state index contributed by atoms with van der Waals surface area (Å²) in [6.07, 6.45) is 3.04. The van der Waals surface area contributed by atoms with Gasteiger partial charge in [0, 0.05) is 26.1 Å². The molecule has 2 aliphatic heterocycles. The van der Waals surface area contributed by atoms with Crippen LogP contribution in [0.1, 0.15) is 24.8 Å². The molecule has 0 spiro atoms. The van der Waals surface area contributed by atoms with Gasteiger partial charge in [-0.1, -0.05) is 54.3 Å². The maximum absolute atomic E-state index is 12.6. The van der Waals surface area contributed by atoms with Crippen LogP contribution in [-0.4, -0.2) is 65.5 Å². The van der Waals surface area contributed by atoms with Gasteiger partial charge in [0.15, 0.2) is 9.84 Å². The molecule has 0 N–H and O–H groups in total. The average molecular weight is 439 g/mol.